The summed E-state index contributed by atoms with van der Waals surface area (Å²) in [6.07, 6.45) is 0.973. The van der Waals surface area contributed by atoms with Crippen LogP contribution in [-0.4, -0.2) is 37.4 Å². The van der Waals surface area contributed by atoms with Gasteiger partial charge in [-0.25, -0.2) is 0 Å². The van der Waals surface area contributed by atoms with Gasteiger partial charge in [-0.05, 0) is 43.2 Å². The largest absolute Gasteiger partial charge is 0.492 e. The Balaban J connectivity index is 1.91. The monoisotopic (exact) mass is 340 g/mol. The van der Waals surface area contributed by atoms with E-state index in [1.54, 1.807) is 26.2 Å². The molecule has 0 spiro atoms. The molecule has 0 aliphatic carbocycles. The number of para-hydroxylation sites is 2. The van der Waals surface area contributed by atoms with Gasteiger partial charge in [-0.2, -0.15) is 0 Å². The van der Waals surface area contributed by atoms with Crippen LogP contribution in [0.25, 0.3) is 0 Å². The third-order valence-electron chi connectivity index (χ3n) is 3.71. The second-order valence-corrected chi connectivity index (χ2v) is 5.87. The maximum absolute atomic E-state index is 12.2. The zero-order chi connectivity index (χ0) is 18.2. The fourth-order valence-electron chi connectivity index (χ4n) is 2.39. The Morgan fingerprint density at radius 3 is 2.36 bits per heavy atom. The Morgan fingerprint density at radius 1 is 1.04 bits per heavy atom. The summed E-state index contributed by atoms with van der Waals surface area (Å²) in [5.41, 5.74) is 2.34. The quantitative estimate of drug-likeness (QED) is 0.841. The summed E-state index contributed by atoms with van der Waals surface area (Å²) in [7, 11) is 3.45. The van der Waals surface area contributed by atoms with E-state index in [1.165, 1.54) is 4.90 Å². The number of amides is 2. The highest BCUT2D eigenvalue weighted by Crippen LogP contribution is 2.23. The average molecular weight is 340 g/mol. The van der Waals surface area contributed by atoms with E-state index in [-0.39, 0.29) is 11.8 Å². The lowest BCUT2D eigenvalue weighted by atomic mass is 10.1. The molecule has 1 N–H and O–H groups in total. The minimum absolute atomic E-state index is 0.0307. The van der Waals surface area contributed by atoms with E-state index < -0.39 is 0 Å². The lowest BCUT2D eigenvalue weighted by Gasteiger charge is -2.12. The molecular formula is C20H24N2O3. The van der Waals surface area contributed by atoms with Crippen molar-refractivity contribution in [2.45, 2.75) is 19.8 Å². The van der Waals surface area contributed by atoms with Gasteiger partial charge in [0.1, 0.15) is 5.75 Å². The molecule has 0 unspecified atom stereocenters. The molecule has 0 atom stereocenters. The van der Waals surface area contributed by atoms with Crippen LogP contribution >= 0.6 is 0 Å². The first-order valence-corrected chi connectivity index (χ1v) is 8.33. The molecule has 2 aromatic carbocycles. The van der Waals surface area contributed by atoms with Crippen LogP contribution in [0.15, 0.2) is 48.5 Å². The number of carbonyl (C=O) groups is 2. The van der Waals surface area contributed by atoms with Crippen molar-refractivity contribution in [2.75, 3.05) is 26.0 Å². The molecule has 0 saturated carbocycles. The van der Waals surface area contributed by atoms with Gasteiger partial charge in [-0.3, -0.25) is 9.59 Å². The second kappa shape index (κ2) is 8.87. The summed E-state index contributed by atoms with van der Waals surface area (Å²) >= 11 is 0. The Hall–Kier alpha value is -2.82. The molecule has 5 heteroatoms. The van der Waals surface area contributed by atoms with E-state index in [1.807, 2.05) is 43.3 Å². The molecule has 0 heterocycles. The SMILES string of the molecule is CCOc1ccccc1NC(=O)CCc1ccc(C(=O)N(C)C)cc1. The second-order valence-electron chi connectivity index (χ2n) is 5.87. The Morgan fingerprint density at radius 2 is 1.72 bits per heavy atom. The summed E-state index contributed by atoms with van der Waals surface area (Å²) in [5.74, 6) is 0.572. The number of hydrogen-bond donors (Lipinski definition) is 1. The van der Waals surface area contributed by atoms with Gasteiger partial charge < -0.3 is 15.0 Å². The van der Waals surface area contributed by atoms with Gasteiger partial charge in [0.25, 0.3) is 5.91 Å². The van der Waals surface area contributed by atoms with Crippen molar-refractivity contribution in [3.8, 4) is 5.75 Å². The maximum atomic E-state index is 12.2. The third kappa shape index (κ3) is 5.35. The molecule has 25 heavy (non-hydrogen) atoms. The highest BCUT2D eigenvalue weighted by Gasteiger charge is 2.09. The molecule has 0 aliphatic heterocycles. The Bertz CT molecular complexity index is 724. The van der Waals surface area contributed by atoms with Crippen LogP contribution in [0.5, 0.6) is 5.75 Å². The Kier molecular flexibility index (Phi) is 6.57. The fraction of sp³-hybridized carbons (Fsp3) is 0.300. The summed E-state index contributed by atoms with van der Waals surface area (Å²) in [6.45, 7) is 2.45. The van der Waals surface area contributed by atoms with E-state index >= 15 is 0 Å². The molecule has 0 saturated heterocycles. The van der Waals surface area contributed by atoms with Crippen molar-refractivity contribution in [1.29, 1.82) is 0 Å². The number of ether oxygens (including phenoxy) is 1. The number of aryl methyl sites for hydroxylation is 1. The van der Waals surface area contributed by atoms with Gasteiger partial charge in [0.2, 0.25) is 5.91 Å². The molecule has 5 nitrogen and oxygen atoms in total. The van der Waals surface area contributed by atoms with Crippen LogP contribution < -0.4 is 10.1 Å². The zero-order valence-corrected chi connectivity index (χ0v) is 14.9. The number of hydrogen-bond acceptors (Lipinski definition) is 3. The van der Waals surface area contributed by atoms with Crippen LogP contribution in [0.2, 0.25) is 0 Å². The number of benzene rings is 2. The maximum Gasteiger partial charge on any atom is 0.253 e. The highest BCUT2D eigenvalue weighted by atomic mass is 16.5. The minimum Gasteiger partial charge on any atom is -0.492 e. The van der Waals surface area contributed by atoms with Gasteiger partial charge in [0.05, 0.1) is 12.3 Å². The van der Waals surface area contributed by atoms with Gasteiger partial charge >= 0.3 is 0 Å². The fourth-order valence-corrected chi connectivity index (χ4v) is 2.39. The minimum atomic E-state index is -0.0689. The van der Waals surface area contributed by atoms with E-state index in [0.717, 1.165) is 5.56 Å². The van der Waals surface area contributed by atoms with Crippen LogP contribution in [0.3, 0.4) is 0 Å². The van der Waals surface area contributed by atoms with E-state index in [0.29, 0.717) is 36.4 Å². The lowest BCUT2D eigenvalue weighted by Crippen LogP contribution is -2.21. The van der Waals surface area contributed by atoms with Gasteiger partial charge in [0.15, 0.2) is 0 Å². The van der Waals surface area contributed by atoms with Crippen molar-refractivity contribution in [3.63, 3.8) is 0 Å². The highest BCUT2D eigenvalue weighted by molar-refractivity contribution is 5.94. The van der Waals surface area contributed by atoms with Crippen molar-refractivity contribution < 1.29 is 14.3 Å². The standard InChI is InChI=1S/C20H24N2O3/c1-4-25-18-8-6-5-7-17(18)21-19(23)14-11-15-9-12-16(13-10-15)20(24)22(2)3/h5-10,12-13H,4,11,14H2,1-3H3,(H,21,23). The van der Waals surface area contributed by atoms with Crippen LogP contribution in [-0.2, 0) is 11.2 Å². The van der Waals surface area contributed by atoms with Crippen molar-refractivity contribution in [2.24, 2.45) is 0 Å². The number of rotatable bonds is 7. The van der Waals surface area contributed by atoms with Gasteiger partial charge in [-0.15, -0.1) is 0 Å². The molecule has 2 rings (SSSR count). The molecule has 2 aromatic rings. The van der Waals surface area contributed by atoms with Crippen molar-refractivity contribution >= 4 is 17.5 Å². The normalized spacial score (nSPS) is 10.2. The van der Waals surface area contributed by atoms with E-state index in [9.17, 15) is 9.59 Å². The van der Waals surface area contributed by atoms with E-state index in [2.05, 4.69) is 5.32 Å². The summed E-state index contributed by atoms with van der Waals surface area (Å²) < 4.78 is 5.50. The van der Waals surface area contributed by atoms with Crippen molar-refractivity contribution in [3.05, 3.63) is 59.7 Å². The summed E-state index contributed by atoms with van der Waals surface area (Å²) in [5, 5.41) is 2.89. The Labute approximate surface area is 148 Å². The predicted octanol–water partition coefficient (Wildman–Crippen LogP) is 3.36. The summed E-state index contributed by atoms with van der Waals surface area (Å²) in [4.78, 5) is 25.6. The summed E-state index contributed by atoms with van der Waals surface area (Å²) in [6, 6.07) is 14.7. The average Bonchev–Trinajstić information content (AvgIpc) is 2.61. The zero-order valence-electron chi connectivity index (χ0n) is 14.9. The molecule has 0 aromatic heterocycles. The van der Waals surface area contributed by atoms with Crippen LogP contribution in [0.1, 0.15) is 29.3 Å². The first-order chi connectivity index (χ1) is 12.0. The smallest absolute Gasteiger partial charge is 0.253 e. The number of anilines is 1. The number of nitrogens with zero attached hydrogens (tertiary/aromatic N) is 1. The third-order valence-corrected chi connectivity index (χ3v) is 3.71. The molecule has 0 aliphatic rings. The van der Waals surface area contributed by atoms with Gasteiger partial charge in [-0.1, -0.05) is 24.3 Å². The van der Waals surface area contributed by atoms with Crippen molar-refractivity contribution in [1.82, 2.24) is 4.90 Å². The molecule has 0 fully saturated rings. The number of carbonyl (C=O) groups excluding carboxylic acids is 2. The molecule has 0 bridgehead atoms. The van der Waals surface area contributed by atoms with Gasteiger partial charge in [0, 0.05) is 26.1 Å². The van der Waals surface area contributed by atoms with Crippen LogP contribution in [0.4, 0.5) is 5.69 Å². The first-order valence-electron chi connectivity index (χ1n) is 8.33. The molecular weight excluding hydrogens is 316 g/mol. The predicted molar refractivity (Wildman–Crippen MR) is 99.0 cm³/mol. The molecule has 132 valence electrons. The first kappa shape index (κ1) is 18.5. The molecule has 2 amide bonds. The topological polar surface area (TPSA) is 58.6 Å². The lowest BCUT2D eigenvalue weighted by molar-refractivity contribution is -0.116. The van der Waals surface area contributed by atoms with Crippen LogP contribution in [0, 0.1) is 0 Å². The number of nitrogens with one attached hydrogen (secondary N) is 1. The molecule has 0 radical (unpaired) electrons. The van der Waals surface area contributed by atoms with E-state index in [4.69, 9.17) is 4.74 Å².